The minimum atomic E-state index is -0.773. The van der Waals surface area contributed by atoms with Crippen molar-refractivity contribution in [2.24, 2.45) is 0 Å². The zero-order chi connectivity index (χ0) is 18.7. The van der Waals surface area contributed by atoms with Crippen LogP contribution in [-0.2, 0) is 0 Å². The first-order valence-electron chi connectivity index (χ1n) is 8.56. The van der Waals surface area contributed by atoms with Crippen molar-refractivity contribution in [3.8, 4) is 0 Å². The molecule has 0 bridgehead atoms. The lowest BCUT2D eigenvalue weighted by Crippen LogP contribution is -2.29. The molecular formula is C19H20FN3O3. The Morgan fingerprint density at radius 1 is 1.15 bits per heavy atom. The number of nitrogens with one attached hydrogen (secondary N) is 1. The summed E-state index contributed by atoms with van der Waals surface area (Å²) >= 11 is 0. The topological polar surface area (TPSA) is 75.5 Å². The lowest BCUT2D eigenvalue weighted by Gasteiger charge is -2.28. The van der Waals surface area contributed by atoms with Gasteiger partial charge in [0, 0.05) is 36.1 Å². The highest BCUT2D eigenvalue weighted by atomic mass is 19.1. The molecule has 1 aliphatic rings. The largest absolute Gasteiger partial charge is 0.372 e. The van der Waals surface area contributed by atoms with Gasteiger partial charge in [0.25, 0.3) is 11.6 Å². The maximum atomic E-state index is 13.9. The van der Waals surface area contributed by atoms with Gasteiger partial charge in [0.2, 0.25) is 0 Å². The molecule has 1 N–H and O–H groups in total. The van der Waals surface area contributed by atoms with Gasteiger partial charge in [0.15, 0.2) is 0 Å². The minimum absolute atomic E-state index is 0.0834. The molecule has 0 aliphatic carbocycles. The van der Waals surface area contributed by atoms with Crippen molar-refractivity contribution in [3.05, 3.63) is 63.5 Å². The van der Waals surface area contributed by atoms with E-state index < -0.39 is 22.3 Å². The van der Waals surface area contributed by atoms with Crippen molar-refractivity contribution in [2.75, 3.05) is 23.3 Å². The van der Waals surface area contributed by atoms with Gasteiger partial charge >= 0.3 is 0 Å². The zero-order valence-corrected chi connectivity index (χ0v) is 14.5. The Balaban J connectivity index is 1.74. The van der Waals surface area contributed by atoms with Gasteiger partial charge in [-0.05, 0) is 56.5 Å². The molecule has 0 unspecified atom stereocenters. The number of nitro groups is 1. The fourth-order valence-electron chi connectivity index (χ4n) is 3.10. The smallest absolute Gasteiger partial charge is 0.276 e. The number of hydrogen-bond donors (Lipinski definition) is 1. The Kier molecular flexibility index (Phi) is 5.16. The second-order valence-corrected chi connectivity index (χ2v) is 6.41. The molecule has 7 heteroatoms. The van der Waals surface area contributed by atoms with Crippen molar-refractivity contribution >= 4 is 23.0 Å². The Morgan fingerprint density at radius 3 is 2.42 bits per heavy atom. The Morgan fingerprint density at radius 2 is 1.81 bits per heavy atom. The van der Waals surface area contributed by atoms with Crippen molar-refractivity contribution in [3.63, 3.8) is 0 Å². The molecule has 0 atom stereocenters. The molecule has 1 aliphatic heterocycles. The van der Waals surface area contributed by atoms with Gasteiger partial charge in [-0.15, -0.1) is 0 Å². The van der Waals surface area contributed by atoms with Crippen molar-refractivity contribution in [2.45, 2.75) is 26.2 Å². The molecule has 0 aromatic heterocycles. The summed E-state index contributed by atoms with van der Waals surface area (Å²) in [6, 6.07) is 9.52. The summed E-state index contributed by atoms with van der Waals surface area (Å²) in [5.74, 6) is -1.36. The number of halogens is 1. The summed E-state index contributed by atoms with van der Waals surface area (Å²) in [6.45, 7) is 3.37. The minimum Gasteiger partial charge on any atom is -0.372 e. The number of piperidine rings is 1. The van der Waals surface area contributed by atoms with E-state index >= 15 is 0 Å². The second kappa shape index (κ2) is 7.51. The Bertz CT molecular complexity index is 831. The summed E-state index contributed by atoms with van der Waals surface area (Å²) in [5.41, 5.74) is 1.08. The molecule has 0 spiro atoms. The summed E-state index contributed by atoms with van der Waals surface area (Å²) in [7, 11) is 0. The Hall–Kier alpha value is -2.96. The van der Waals surface area contributed by atoms with Crippen LogP contribution in [0.4, 0.5) is 21.5 Å². The van der Waals surface area contributed by atoms with Crippen LogP contribution in [-0.4, -0.2) is 23.9 Å². The average molecular weight is 357 g/mol. The first-order valence-corrected chi connectivity index (χ1v) is 8.56. The van der Waals surface area contributed by atoms with Crippen LogP contribution in [0.5, 0.6) is 0 Å². The van der Waals surface area contributed by atoms with Crippen molar-refractivity contribution in [1.29, 1.82) is 0 Å². The third kappa shape index (κ3) is 3.82. The van der Waals surface area contributed by atoms with E-state index in [-0.39, 0.29) is 11.1 Å². The maximum Gasteiger partial charge on any atom is 0.276 e. The van der Waals surface area contributed by atoms with Gasteiger partial charge in [-0.1, -0.05) is 0 Å². The van der Waals surface area contributed by atoms with Crippen LogP contribution in [0.1, 0.15) is 35.2 Å². The molecule has 0 saturated carbocycles. The first-order chi connectivity index (χ1) is 12.5. The van der Waals surface area contributed by atoms with Crippen LogP contribution in [0.3, 0.4) is 0 Å². The number of hydrogen-bond acceptors (Lipinski definition) is 4. The fourth-order valence-corrected chi connectivity index (χ4v) is 3.10. The molecular weight excluding hydrogens is 337 g/mol. The highest BCUT2D eigenvalue weighted by Gasteiger charge is 2.19. The van der Waals surface area contributed by atoms with Crippen LogP contribution >= 0.6 is 0 Å². The third-order valence-electron chi connectivity index (χ3n) is 4.62. The molecule has 26 heavy (non-hydrogen) atoms. The quantitative estimate of drug-likeness (QED) is 0.654. The van der Waals surface area contributed by atoms with E-state index in [9.17, 15) is 19.3 Å². The molecule has 1 amide bonds. The normalized spacial score (nSPS) is 14.2. The van der Waals surface area contributed by atoms with Gasteiger partial charge in [0.05, 0.1) is 10.5 Å². The van der Waals surface area contributed by atoms with Crippen LogP contribution in [0.2, 0.25) is 0 Å². The maximum absolute atomic E-state index is 13.9. The van der Waals surface area contributed by atoms with Crippen LogP contribution in [0.25, 0.3) is 0 Å². The Labute approximate surface area is 150 Å². The number of carbonyl (C=O) groups excluding carboxylic acids is 1. The molecule has 1 fully saturated rings. The number of amides is 1. The lowest BCUT2D eigenvalue weighted by atomic mass is 10.1. The number of anilines is 2. The van der Waals surface area contributed by atoms with Crippen LogP contribution in [0.15, 0.2) is 36.4 Å². The standard InChI is InChI=1S/C19H20FN3O3/c1-13-17(20)11-14(12-18(13)23(25)26)19(24)21-15-5-7-16(8-6-15)22-9-3-2-4-10-22/h5-8,11-12H,2-4,9-10H2,1H3,(H,21,24). The highest BCUT2D eigenvalue weighted by molar-refractivity contribution is 6.04. The number of carbonyl (C=O) groups is 1. The van der Waals surface area contributed by atoms with Crippen molar-refractivity contribution < 1.29 is 14.1 Å². The van der Waals surface area contributed by atoms with Gasteiger partial charge in [0.1, 0.15) is 5.82 Å². The van der Waals surface area contributed by atoms with Gasteiger partial charge in [-0.2, -0.15) is 0 Å². The number of nitro benzene ring substituents is 1. The summed E-state index contributed by atoms with van der Waals surface area (Å²) in [4.78, 5) is 24.9. The SMILES string of the molecule is Cc1c(F)cc(C(=O)Nc2ccc(N3CCCCC3)cc2)cc1[N+](=O)[O-]. The highest BCUT2D eigenvalue weighted by Crippen LogP contribution is 2.25. The molecule has 1 heterocycles. The summed E-state index contributed by atoms with van der Waals surface area (Å²) in [5, 5.41) is 13.7. The molecule has 136 valence electrons. The average Bonchev–Trinajstić information content (AvgIpc) is 2.65. The van der Waals surface area contributed by atoms with E-state index in [1.54, 1.807) is 12.1 Å². The van der Waals surface area contributed by atoms with Gasteiger partial charge in [-0.3, -0.25) is 14.9 Å². The van der Waals surface area contributed by atoms with E-state index in [1.807, 2.05) is 12.1 Å². The van der Waals surface area contributed by atoms with E-state index in [1.165, 1.54) is 26.2 Å². The number of benzene rings is 2. The van der Waals surface area contributed by atoms with E-state index in [0.717, 1.165) is 30.9 Å². The summed E-state index contributed by atoms with van der Waals surface area (Å²) in [6.07, 6.45) is 3.61. The molecule has 1 saturated heterocycles. The molecule has 6 nitrogen and oxygen atoms in total. The van der Waals surface area contributed by atoms with Gasteiger partial charge < -0.3 is 10.2 Å². The van der Waals surface area contributed by atoms with Gasteiger partial charge in [-0.25, -0.2) is 4.39 Å². The number of nitrogens with zero attached hydrogens (tertiary/aromatic N) is 2. The summed E-state index contributed by atoms with van der Waals surface area (Å²) < 4.78 is 13.9. The first kappa shape index (κ1) is 17.8. The second-order valence-electron chi connectivity index (χ2n) is 6.41. The van der Waals surface area contributed by atoms with Crippen LogP contribution in [0, 0.1) is 22.9 Å². The van der Waals surface area contributed by atoms with Crippen molar-refractivity contribution in [1.82, 2.24) is 0 Å². The van der Waals surface area contributed by atoms with E-state index in [2.05, 4.69) is 10.2 Å². The predicted molar refractivity (Wildman–Crippen MR) is 98.3 cm³/mol. The zero-order valence-electron chi connectivity index (χ0n) is 14.5. The molecule has 2 aromatic carbocycles. The third-order valence-corrected chi connectivity index (χ3v) is 4.62. The molecule has 0 radical (unpaired) electrons. The lowest BCUT2D eigenvalue weighted by molar-refractivity contribution is -0.385. The monoisotopic (exact) mass is 357 g/mol. The fraction of sp³-hybridized carbons (Fsp3) is 0.316. The molecule has 2 aromatic rings. The van der Waals surface area contributed by atoms with E-state index in [0.29, 0.717) is 5.69 Å². The number of rotatable bonds is 4. The van der Waals surface area contributed by atoms with E-state index in [4.69, 9.17) is 0 Å². The predicted octanol–water partition coefficient (Wildman–Crippen LogP) is 4.28. The molecule has 3 rings (SSSR count). The van der Waals surface area contributed by atoms with Crippen LogP contribution < -0.4 is 10.2 Å².